The summed E-state index contributed by atoms with van der Waals surface area (Å²) < 4.78 is 20.9. The van der Waals surface area contributed by atoms with Crippen LogP contribution in [0.4, 0.5) is 4.39 Å². The lowest BCUT2D eigenvalue weighted by atomic mass is 9.86. The molecule has 1 aromatic carbocycles. The largest absolute Gasteiger partial charge is 0.458 e. The minimum absolute atomic E-state index is 0.0711. The van der Waals surface area contributed by atoms with E-state index in [1.54, 1.807) is 17.6 Å². The van der Waals surface area contributed by atoms with Crippen molar-refractivity contribution in [1.29, 1.82) is 0 Å². The zero-order chi connectivity index (χ0) is 21.7. The smallest absolute Gasteiger partial charge is 0.343 e. The van der Waals surface area contributed by atoms with Crippen LogP contribution in [0.5, 0.6) is 0 Å². The van der Waals surface area contributed by atoms with Crippen molar-refractivity contribution in [2.75, 3.05) is 5.75 Å². The number of pyridine rings is 2. The van der Waals surface area contributed by atoms with Crippen LogP contribution in [-0.4, -0.2) is 26.4 Å². The number of nitrogens with zero attached hydrogens (tertiary/aromatic N) is 2. The molecule has 2 atom stereocenters. The van der Waals surface area contributed by atoms with Crippen molar-refractivity contribution in [3.63, 3.8) is 0 Å². The number of ether oxygens (including phenoxy) is 1. The zero-order valence-corrected chi connectivity index (χ0v) is 17.4. The van der Waals surface area contributed by atoms with Crippen LogP contribution in [0.25, 0.3) is 22.3 Å². The van der Waals surface area contributed by atoms with Gasteiger partial charge in [-0.2, -0.15) is 0 Å². The minimum atomic E-state index is -1.89. The average molecular weight is 439 g/mol. The highest BCUT2D eigenvalue weighted by Crippen LogP contribution is 2.46. The Hall–Kier alpha value is -2.75. The molecule has 6 rings (SSSR count). The molecule has 2 aromatic heterocycles. The second-order valence-corrected chi connectivity index (χ2v) is 9.23. The van der Waals surface area contributed by atoms with Gasteiger partial charge in [0.2, 0.25) is 0 Å². The molecule has 3 aliphatic heterocycles. The first-order chi connectivity index (χ1) is 14.8. The van der Waals surface area contributed by atoms with Crippen LogP contribution in [0.3, 0.4) is 0 Å². The van der Waals surface area contributed by atoms with Gasteiger partial charge in [-0.3, -0.25) is 4.79 Å². The Morgan fingerprint density at radius 1 is 1.35 bits per heavy atom. The lowest BCUT2D eigenvalue weighted by Gasteiger charge is -2.31. The van der Waals surface area contributed by atoms with Gasteiger partial charge < -0.3 is 20.1 Å². The van der Waals surface area contributed by atoms with Crippen LogP contribution in [0.2, 0.25) is 0 Å². The van der Waals surface area contributed by atoms with E-state index in [4.69, 9.17) is 15.5 Å². The van der Waals surface area contributed by atoms with Gasteiger partial charge in [0, 0.05) is 39.3 Å². The number of benzene rings is 1. The third-order valence-electron chi connectivity index (χ3n) is 6.55. The van der Waals surface area contributed by atoms with Gasteiger partial charge in [0.1, 0.15) is 12.4 Å². The molecule has 31 heavy (non-hydrogen) atoms. The first-order valence-electron chi connectivity index (χ1n) is 10.0. The molecule has 158 valence electrons. The molecule has 5 heterocycles. The van der Waals surface area contributed by atoms with E-state index in [0.717, 1.165) is 21.4 Å². The normalized spacial score (nSPS) is 23.4. The summed E-state index contributed by atoms with van der Waals surface area (Å²) in [6.45, 7) is 1.76. The Balaban J connectivity index is 1.69. The standard InChI is InChI=1S/C22H18FN3O4S/c1-2-22(29)12-5-15-19-10(6-26(15)20(27)11(12)7-30-21(22)28)17-13(24)8-31-16-4-9(23)3-14(25-19)18(16)17/h3-5,13,29H,2,6-8,24H2,1H3/t13-,22+/m1/s1. The fraction of sp³-hybridized carbons (Fsp3) is 0.318. The second kappa shape index (κ2) is 6.15. The second-order valence-electron chi connectivity index (χ2n) is 8.17. The van der Waals surface area contributed by atoms with Crippen molar-refractivity contribution in [2.24, 2.45) is 5.73 Å². The van der Waals surface area contributed by atoms with Crippen LogP contribution in [0, 0.1) is 5.82 Å². The lowest BCUT2D eigenvalue weighted by Crippen LogP contribution is -2.44. The summed E-state index contributed by atoms with van der Waals surface area (Å²) in [5.74, 6) is -0.549. The SMILES string of the molecule is CC[C@@]1(O)C(=O)OCc2c1cc1n(c2=O)Cc2c-1nc1cc(F)cc3c1c2[C@H](N)CS3. The summed E-state index contributed by atoms with van der Waals surface area (Å²) >= 11 is 1.50. The maximum absolute atomic E-state index is 14.2. The van der Waals surface area contributed by atoms with Crippen molar-refractivity contribution >= 4 is 28.6 Å². The van der Waals surface area contributed by atoms with E-state index in [-0.39, 0.29) is 48.1 Å². The van der Waals surface area contributed by atoms with Gasteiger partial charge in [0.15, 0.2) is 5.60 Å². The maximum Gasteiger partial charge on any atom is 0.343 e. The number of aromatic nitrogens is 2. The molecule has 0 bridgehead atoms. The monoisotopic (exact) mass is 439 g/mol. The van der Waals surface area contributed by atoms with Crippen molar-refractivity contribution in [3.8, 4) is 11.4 Å². The molecule has 0 saturated heterocycles. The van der Waals surface area contributed by atoms with Crippen molar-refractivity contribution in [3.05, 3.63) is 56.6 Å². The fourth-order valence-electron chi connectivity index (χ4n) is 4.96. The van der Waals surface area contributed by atoms with Crippen LogP contribution in [-0.2, 0) is 28.3 Å². The first-order valence-corrected chi connectivity index (χ1v) is 11.0. The van der Waals surface area contributed by atoms with Gasteiger partial charge >= 0.3 is 5.97 Å². The number of hydrogen-bond acceptors (Lipinski definition) is 7. The molecule has 0 radical (unpaired) electrons. The number of halogens is 1. The summed E-state index contributed by atoms with van der Waals surface area (Å²) in [7, 11) is 0. The molecule has 3 N–H and O–H groups in total. The Morgan fingerprint density at radius 3 is 2.94 bits per heavy atom. The lowest BCUT2D eigenvalue weighted by molar-refractivity contribution is -0.172. The molecule has 0 aliphatic carbocycles. The van der Waals surface area contributed by atoms with Gasteiger partial charge in [-0.05, 0) is 24.1 Å². The van der Waals surface area contributed by atoms with Gasteiger partial charge in [-0.15, -0.1) is 11.8 Å². The van der Waals surface area contributed by atoms with Crippen molar-refractivity contribution < 1.29 is 19.0 Å². The number of fused-ring (bicyclic) bond motifs is 5. The van der Waals surface area contributed by atoms with E-state index in [2.05, 4.69) is 0 Å². The highest BCUT2D eigenvalue weighted by molar-refractivity contribution is 7.99. The van der Waals surface area contributed by atoms with Gasteiger partial charge in [-0.25, -0.2) is 14.2 Å². The van der Waals surface area contributed by atoms with Crippen LogP contribution in [0.15, 0.2) is 27.9 Å². The van der Waals surface area contributed by atoms with E-state index in [1.807, 2.05) is 0 Å². The van der Waals surface area contributed by atoms with Gasteiger partial charge in [0.25, 0.3) is 5.56 Å². The Morgan fingerprint density at radius 2 is 2.16 bits per heavy atom. The molecule has 0 saturated carbocycles. The number of esters is 1. The number of thioether (sulfide) groups is 1. The van der Waals surface area contributed by atoms with Gasteiger partial charge in [-0.1, -0.05) is 6.92 Å². The van der Waals surface area contributed by atoms with Gasteiger partial charge in [0.05, 0.1) is 29.0 Å². The summed E-state index contributed by atoms with van der Waals surface area (Å²) in [4.78, 5) is 31.1. The summed E-state index contributed by atoms with van der Waals surface area (Å²) in [6.07, 6.45) is 0.0711. The Kier molecular flexibility index (Phi) is 3.77. The molecule has 0 unspecified atom stereocenters. The number of hydrogen-bond donors (Lipinski definition) is 2. The van der Waals surface area contributed by atoms with E-state index in [0.29, 0.717) is 22.7 Å². The highest BCUT2D eigenvalue weighted by atomic mass is 32.2. The minimum Gasteiger partial charge on any atom is -0.458 e. The van der Waals surface area contributed by atoms with Crippen molar-refractivity contribution in [2.45, 2.75) is 43.0 Å². The summed E-state index contributed by atoms with van der Waals surface area (Å²) in [5.41, 5.74) is 8.00. The molecule has 3 aliphatic rings. The molecule has 7 nitrogen and oxygen atoms in total. The number of nitrogens with two attached hydrogens (primary N) is 1. The highest BCUT2D eigenvalue weighted by Gasteiger charge is 2.45. The molecule has 0 amide bonds. The third-order valence-corrected chi connectivity index (χ3v) is 7.71. The molecule has 3 aromatic rings. The first kappa shape index (κ1) is 19.0. The Labute approximate surface area is 180 Å². The molecule has 0 spiro atoms. The quantitative estimate of drug-likeness (QED) is 0.438. The van der Waals surface area contributed by atoms with E-state index < -0.39 is 11.6 Å². The van der Waals surface area contributed by atoms with E-state index in [9.17, 15) is 19.1 Å². The maximum atomic E-state index is 14.2. The summed E-state index contributed by atoms with van der Waals surface area (Å²) in [5, 5.41) is 11.8. The summed E-state index contributed by atoms with van der Waals surface area (Å²) in [6, 6.07) is 4.24. The number of carbonyl (C=O) groups excluding carboxylic acids is 1. The zero-order valence-electron chi connectivity index (χ0n) is 16.6. The van der Waals surface area contributed by atoms with Crippen LogP contribution >= 0.6 is 11.8 Å². The molecular formula is C22H18FN3O4S. The van der Waals surface area contributed by atoms with E-state index in [1.165, 1.54) is 23.9 Å². The predicted molar refractivity (Wildman–Crippen MR) is 112 cm³/mol. The van der Waals surface area contributed by atoms with Crippen LogP contribution < -0.4 is 11.3 Å². The topological polar surface area (TPSA) is 107 Å². The van der Waals surface area contributed by atoms with Crippen molar-refractivity contribution in [1.82, 2.24) is 9.55 Å². The number of aliphatic hydroxyl groups is 1. The third kappa shape index (κ3) is 2.34. The number of rotatable bonds is 1. The van der Waals surface area contributed by atoms with Crippen LogP contribution in [0.1, 0.15) is 41.6 Å². The Bertz CT molecular complexity index is 1400. The molecule has 0 fully saturated rings. The fourth-order valence-corrected chi connectivity index (χ4v) is 6.04. The van der Waals surface area contributed by atoms with E-state index >= 15 is 0 Å². The molecule has 9 heteroatoms. The predicted octanol–water partition coefficient (Wildman–Crippen LogP) is 2.32. The number of carbonyl (C=O) groups is 1. The number of cyclic esters (lactones) is 1. The average Bonchev–Trinajstić information content (AvgIpc) is 3.11. The molecular weight excluding hydrogens is 421 g/mol.